The maximum absolute atomic E-state index is 13.6. The molecule has 1 aromatic carbocycles. The van der Waals surface area contributed by atoms with E-state index in [1.807, 2.05) is 4.72 Å². The van der Waals surface area contributed by atoms with Gasteiger partial charge in [0.05, 0.1) is 0 Å². The van der Waals surface area contributed by atoms with Crippen molar-refractivity contribution in [2.24, 2.45) is 0 Å². The van der Waals surface area contributed by atoms with E-state index in [0.29, 0.717) is 4.47 Å². The minimum Gasteiger partial charge on any atom is -0.480 e. The Kier molecular flexibility index (Phi) is 4.70. The van der Waals surface area contributed by atoms with E-state index in [9.17, 15) is 17.6 Å². The first-order chi connectivity index (χ1) is 8.62. The quantitative estimate of drug-likeness (QED) is 0.849. The predicted molar refractivity (Wildman–Crippen MR) is 70.8 cm³/mol. The average Bonchev–Trinajstić information content (AvgIpc) is 2.27. The van der Waals surface area contributed by atoms with Crippen LogP contribution in [0.25, 0.3) is 0 Å². The number of carboxylic acid groups (broad SMARTS) is 1. The van der Waals surface area contributed by atoms with Gasteiger partial charge in [-0.25, -0.2) is 12.8 Å². The molecule has 1 rings (SSSR count). The van der Waals surface area contributed by atoms with E-state index in [0.717, 1.165) is 12.1 Å². The standard InChI is InChI=1S/C11H13BrFNO4S/c1-3-11(2,10(15)16)14-19(17,18)9-5-4-7(12)6-8(9)13/h4-6,14H,3H2,1-2H3,(H,15,16). The molecule has 0 amide bonds. The van der Waals surface area contributed by atoms with Crippen molar-refractivity contribution < 1.29 is 22.7 Å². The molecule has 0 radical (unpaired) electrons. The molecule has 1 aromatic rings. The van der Waals surface area contributed by atoms with E-state index >= 15 is 0 Å². The van der Waals surface area contributed by atoms with Crippen molar-refractivity contribution in [3.8, 4) is 0 Å². The van der Waals surface area contributed by atoms with Gasteiger partial charge in [0.1, 0.15) is 16.3 Å². The zero-order valence-corrected chi connectivity index (χ0v) is 12.7. The smallest absolute Gasteiger partial charge is 0.324 e. The second kappa shape index (κ2) is 5.56. The van der Waals surface area contributed by atoms with Gasteiger partial charge in [-0.1, -0.05) is 22.9 Å². The van der Waals surface area contributed by atoms with Gasteiger partial charge < -0.3 is 5.11 Å². The Morgan fingerprint density at radius 2 is 2.11 bits per heavy atom. The van der Waals surface area contributed by atoms with Gasteiger partial charge in [0.2, 0.25) is 10.0 Å². The number of nitrogens with one attached hydrogen (secondary N) is 1. The summed E-state index contributed by atoms with van der Waals surface area (Å²) in [6.45, 7) is 2.75. The van der Waals surface area contributed by atoms with Crippen LogP contribution in [0.3, 0.4) is 0 Å². The van der Waals surface area contributed by atoms with Gasteiger partial charge in [-0.05, 0) is 31.5 Å². The molecule has 0 aromatic heterocycles. The van der Waals surface area contributed by atoms with Crippen LogP contribution < -0.4 is 4.72 Å². The molecule has 0 saturated carbocycles. The number of aliphatic carboxylic acids is 1. The third-order valence-corrected chi connectivity index (χ3v) is 4.84. The van der Waals surface area contributed by atoms with Crippen LogP contribution in [0.5, 0.6) is 0 Å². The van der Waals surface area contributed by atoms with E-state index in [-0.39, 0.29) is 6.42 Å². The van der Waals surface area contributed by atoms with Crippen molar-refractivity contribution >= 4 is 31.9 Å². The Hall–Kier alpha value is -0.990. The predicted octanol–water partition coefficient (Wildman–Crippen LogP) is 2.12. The van der Waals surface area contributed by atoms with Gasteiger partial charge in [-0.2, -0.15) is 4.72 Å². The van der Waals surface area contributed by atoms with Crippen molar-refractivity contribution in [1.29, 1.82) is 0 Å². The van der Waals surface area contributed by atoms with Crippen molar-refractivity contribution in [3.05, 3.63) is 28.5 Å². The molecule has 8 heteroatoms. The zero-order valence-electron chi connectivity index (χ0n) is 10.3. The number of carbonyl (C=O) groups is 1. The summed E-state index contributed by atoms with van der Waals surface area (Å²) in [6, 6.07) is 3.43. The van der Waals surface area contributed by atoms with E-state index in [2.05, 4.69) is 15.9 Å². The normalized spacial score (nSPS) is 14.9. The summed E-state index contributed by atoms with van der Waals surface area (Å²) in [6.07, 6.45) is 0.0275. The third-order valence-electron chi connectivity index (χ3n) is 2.72. The Balaban J connectivity index is 3.22. The monoisotopic (exact) mass is 353 g/mol. The second-order valence-electron chi connectivity index (χ2n) is 4.17. The van der Waals surface area contributed by atoms with E-state index < -0.39 is 32.2 Å². The summed E-state index contributed by atoms with van der Waals surface area (Å²) in [5, 5.41) is 9.03. The SMILES string of the molecule is CCC(C)(NS(=O)(=O)c1ccc(Br)cc1F)C(=O)O. The van der Waals surface area contributed by atoms with Gasteiger partial charge in [0, 0.05) is 4.47 Å². The van der Waals surface area contributed by atoms with Crippen LogP contribution in [0.4, 0.5) is 4.39 Å². The Bertz CT molecular complexity index is 605. The lowest BCUT2D eigenvalue weighted by Gasteiger charge is -2.24. The van der Waals surface area contributed by atoms with Crippen LogP contribution in [-0.2, 0) is 14.8 Å². The molecule has 0 saturated heterocycles. The Morgan fingerprint density at radius 1 is 1.53 bits per heavy atom. The third kappa shape index (κ3) is 3.52. The van der Waals surface area contributed by atoms with Crippen molar-refractivity contribution in [3.63, 3.8) is 0 Å². The molecule has 0 aliphatic carbocycles. The first-order valence-corrected chi connectivity index (χ1v) is 7.62. The molecule has 19 heavy (non-hydrogen) atoms. The minimum absolute atomic E-state index is 0.0275. The Labute approximate surface area is 119 Å². The summed E-state index contributed by atoms with van der Waals surface area (Å²) in [7, 11) is -4.25. The molecule has 0 bridgehead atoms. The van der Waals surface area contributed by atoms with Crippen molar-refractivity contribution in [2.75, 3.05) is 0 Å². The fourth-order valence-electron chi connectivity index (χ4n) is 1.31. The maximum Gasteiger partial charge on any atom is 0.324 e. The highest BCUT2D eigenvalue weighted by Gasteiger charge is 2.37. The molecule has 2 N–H and O–H groups in total. The van der Waals surface area contributed by atoms with Crippen LogP contribution >= 0.6 is 15.9 Å². The lowest BCUT2D eigenvalue weighted by atomic mass is 10.0. The summed E-state index contributed by atoms with van der Waals surface area (Å²) in [4.78, 5) is 10.5. The van der Waals surface area contributed by atoms with Crippen molar-refractivity contribution in [1.82, 2.24) is 4.72 Å². The van der Waals surface area contributed by atoms with Gasteiger partial charge in [0.15, 0.2) is 0 Å². The van der Waals surface area contributed by atoms with Crippen LogP contribution in [0.2, 0.25) is 0 Å². The molecular weight excluding hydrogens is 341 g/mol. The first-order valence-electron chi connectivity index (χ1n) is 5.35. The molecular formula is C11H13BrFNO4S. The van der Waals surface area contributed by atoms with Crippen LogP contribution in [0.15, 0.2) is 27.6 Å². The highest BCUT2D eigenvalue weighted by atomic mass is 79.9. The molecule has 0 aliphatic rings. The number of sulfonamides is 1. The lowest BCUT2D eigenvalue weighted by molar-refractivity contribution is -0.143. The first kappa shape index (κ1) is 16.1. The summed E-state index contributed by atoms with van der Waals surface area (Å²) < 4.78 is 40.1. The summed E-state index contributed by atoms with van der Waals surface area (Å²) >= 11 is 3.01. The fourth-order valence-corrected chi connectivity index (χ4v) is 3.14. The number of benzene rings is 1. The molecule has 1 atom stereocenters. The molecule has 0 heterocycles. The molecule has 106 valence electrons. The molecule has 0 spiro atoms. The largest absolute Gasteiger partial charge is 0.480 e. The van der Waals surface area contributed by atoms with Crippen molar-refractivity contribution in [2.45, 2.75) is 30.7 Å². The van der Waals surface area contributed by atoms with E-state index in [4.69, 9.17) is 5.11 Å². The summed E-state index contributed by atoms with van der Waals surface area (Å²) in [5.74, 6) is -2.28. The summed E-state index contributed by atoms with van der Waals surface area (Å²) in [5.41, 5.74) is -1.68. The van der Waals surface area contributed by atoms with Crippen LogP contribution in [0, 0.1) is 5.82 Å². The van der Waals surface area contributed by atoms with Crippen LogP contribution in [0.1, 0.15) is 20.3 Å². The van der Waals surface area contributed by atoms with Crippen LogP contribution in [-0.4, -0.2) is 25.0 Å². The highest BCUT2D eigenvalue weighted by molar-refractivity contribution is 9.10. The molecule has 0 fully saturated rings. The highest BCUT2D eigenvalue weighted by Crippen LogP contribution is 2.21. The zero-order chi connectivity index (χ0) is 14.8. The Morgan fingerprint density at radius 3 is 2.53 bits per heavy atom. The van der Waals surface area contributed by atoms with E-state index in [1.54, 1.807) is 0 Å². The number of hydrogen-bond donors (Lipinski definition) is 2. The number of hydrogen-bond acceptors (Lipinski definition) is 3. The second-order valence-corrected chi connectivity index (χ2v) is 6.74. The minimum atomic E-state index is -4.25. The van der Waals surface area contributed by atoms with Gasteiger partial charge in [-0.15, -0.1) is 0 Å². The maximum atomic E-state index is 13.6. The lowest BCUT2D eigenvalue weighted by Crippen LogP contribution is -2.51. The molecule has 1 unspecified atom stereocenters. The van der Waals surface area contributed by atoms with Gasteiger partial charge in [-0.3, -0.25) is 4.79 Å². The topological polar surface area (TPSA) is 83.5 Å². The molecule has 5 nitrogen and oxygen atoms in total. The molecule has 0 aliphatic heterocycles. The number of rotatable bonds is 5. The van der Waals surface area contributed by atoms with Gasteiger partial charge >= 0.3 is 5.97 Å². The number of halogens is 2. The van der Waals surface area contributed by atoms with E-state index in [1.165, 1.54) is 19.9 Å². The fraction of sp³-hybridized carbons (Fsp3) is 0.364. The average molecular weight is 354 g/mol. The number of carboxylic acids is 1. The van der Waals surface area contributed by atoms with Gasteiger partial charge in [0.25, 0.3) is 0 Å².